The molecular formula is C28H62N2S+2. The van der Waals surface area contributed by atoms with Crippen LogP contribution in [-0.2, 0) is 0 Å². The van der Waals surface area contributed by atoms with Gasteiger partial charge < -0.3 is 8.97 Å². The van der Waals surface area contributed by atoms with Gasteiger partial charge in [0, 0.05) is 11.5 Å². The molecule has 0 saturated heterocycles. The lowest BCUT2D eigenvalue weighted by molar-refractivity contribution is -0.888. The van der Waals surface area contributed by atoms with Crippen molar-refractivity contribution in [2.75, 3.05) is 65.9 Å². The first-order valence-corrected chi connectivity index (χ1v) is 15.2. The van der Waals surface area contributed by atoms with Crippen LogP contribution in [0.2, 0.25) is 0 Å². The fourth-order valence-corrected chi connectivity index (χ4v) is 5.75. The van der Waals surface area contributed by atoms with Gasteiger partial charge in [-0.25, -0.2) is 0 Å². The van der Waals surface area contributed by atoms with Crippen LogP contribution >= 0.6 is 11.8 Å². The van der Waals surface area contributed by atoms with E-state index in [-0.39, 0.29) is 0 Å². The van der Waals surface area contributed by atoms with Crippen LogP contribution in [-0.4, -0.2) is 74.8 Å². The van der Waals surface area contributed by atoms with Gasteiger partial charge in [-0.3, -0.25) is 0 Å². The van der Waals surface area contributed by atoms with Crippen molar-refractivity contribution in [3.05, 3.63) is 0 Å². The molecular weight excluding hydrogens is 396 g/mol. The van der Waals surface area contributed by atoms with Crippen LogP contribution in [0, 0.1) is 0 Å². The third kappa shape index (κ3) is 23.2. The molecule has 0 aliphatic carbocycles. The molecule has 0 bridgehead atoms. The molecule has 0 heterocycles. The zero-order chi connectivity index (χ0) is 23.3. The Hall–Kier alpha value is 0.270. The second-order valence-electron chi connectivity index (χ2n) is 11.3. The van der Waals surface area contributed by atoms with Crippen LogP contribution in [0.3, 0.4) is 0 Å². The molecule has 31 heavy (non-hydrogen) atoms. The standard InChI is InChI=1S/C28H62N2S/c1-7-9-11-13-15-17-19-21-23-29(3,4)25-27-31-28-26-30(5,6)24-22-20-18-16-14-12-10-8-2/h7-28H2,1-6H3/q+2. The average Bonchev–Trinajstić information content (AvgIpc) is 2.71. The zero-order valence-electron chi connectivity index (χ0n) is 22.9. The summed E-state index contributed by atoms with van der Waals surface area (Å²) in [5, 5.41) is 0. The van der Waals surface area contributed by atoms with Crippen molar-refractivity contribution in [2.45, 2.75) is 117 Å². The molecule has 0 N–H and O–H groups in total. The van der Waals surface area contributed by atoms with Crippen molar-refractivity contribution in [3.8, 4) is 0 Å². The van der Waals surface area contributed by atoms with Crippen molar-refractivity contribution in [3.63, 3.8) is 0 Å². The maximum absolute atomic E-state index is 2.43. The molecule has 0 rings (SSSR count). The molecule has 0 aliphatic heterocycles. The fourth-order valence-electron chi connectivity index (χ4n) is 4.30. The monoisotopic (exact) mass is 458 g/mol. The summed E-state index contributed by atoms with van der Waals surface area (Å²) in [5.41, 5.74) is 0. The number of quaternary nitrogens is 2. The summed E-state index contributed by atoms with van der Waals surface area (Å²) in [6.07, 6.45) is 22.9. The van der Waals surface area contributed by atoms with Gasteiger partial charge in [-0.1, -0.05) is 90.9 Å². The van der Waals surface area contributed by atoms with Gasteiger partial charge in [-0.2, -0.15) is 11.8 Å². The van der Waals surface area contributed by atoms with Gasteiger partial charge in [0.05, 0.1) is 54.4 Å². The first kappa shape index (κ1) is 31.3. The Morgan fingerprint density at radius 2 is 0.677 bits per heavy atom. The molecule has 0 atom stereocenters. The third-order valence-corrected chi connectivity index (χ3v) is 7.86. The highest BCUT2D eigenvalue weighted by Crippen LogP contribution is 2.13. The van der Waals surface area contributed by atoms with Gasteiger partial charge >= 0.3 is 0 Å². The summed E-state index contributed by atoms with van der Waals surface area (Å²) in [7, 11) is 9.74. The molecule has 0 aromatic heterocycles. The number of hydrogen-bond acceptors (Lipinski definition) is 1. The number of unbranched alkanes of at least 4 members (excludes halogenated alkanes) is 14. The Morgan fingerprint density at radius 3 is 1.00 bits per heavy atom. The predicted molar refractivity (Wildman–Crippen MR) is 146 cm³/mol. The van der Waals surface area contributed by atoms with Crippen molar-refractivity contribution < 1.29 is 8.97 Å². The third-order valence-electron chi connectivity index (χ3n) is 6.92. The lowest BCUT2D eigenvalue weighted by Gasteiger charge is -2.31. The Kier molecular flexibility index (Phi) is 21.0. The number of hydrogen-bond donors (Lipinski definition) is 0. The van der Waals surface area contributed by atoms with Gasteiger partial charge in [0.2, 0.25) is 0 Å². The van der Waals surface area contributed by atoms with Crippen molar-refractivity contribution in [1.29, 1.82) is 0 Å². The summed E-state index contributed by atoms with van der Waals surface area (Å²) >= 11 is 2.19. The predicted octanol–water partition coefficient (Wildman–Crippen LogP) is 8.15. The summed E-state index contributed by atoms with van der Waals surface area (Å²) in [4.78, 5) is 0. The van der Waals surface area contributed by atoms with E-state index in [0.29, 0.717) is 0 Å². The van der Waals surface area contributed by atoms with Crippen LogP contribution in [0.1, 0.15) is 117 Å². The molecule has 188 valence electrons. The van der Waals surface area contributed by atoms with E-state index in [0.717, 1.165) is 0 Å². The molecule has 0 aromatic rings. The molecule has 0 radical (unpaired) electrons. The maximum atomic E-state index is 2.43. The number of nitrogens with zero attached hydrogens (tertiary/aromatic N) is 2. The van der Waals surface area contributed by atoms with E-state index in [1.54, 1.807) is 0 Å². The highest BCUT2D eigenvalue weighted by molar-refractivity contribution is 7.99. The fraction of sp³-hybridized carbons (Fsp3) is 1.00. The van der Waals surface area contributed by atoms with E-state index in [1.165, 1.54) is 149 Å². The van der Waals surface area contributed by atoms with Gasteiger partial charge in [-0.05, 0) is 25.7 Å². The zero-order valence-corrected chi connectivity index (χ0v) is 23.7. The minimum atomic E-state index is 1.21. The van der Waals surface area contributed by atoms with E-state index >= 15 is 0 Å². The lowest BCUT2D eigenvalue weighted by Crippen LogP contribution is -2.43. The molecule has 0 spiro atoms. The van der Waals surface area contributed by atoms with Crippen molar-refractivity contribution in [1.82, 2.24) is 0 Å². The number of thioether (sulfide) groups is 1. The van der Waals surface area contributed by atoms with E-state index in [4.69, 9.17) is 0 Å². The smallest absolute Gasteiger partial charge is 0.0874 e. The SMILES string of the molecule is CCCCCCCCCC[N+](C)(C)CCSCC[N+](C)(C)CCCCCCCCCC. The van der Waals surface area contributed by atoms with Crippen molar-refractivity contribution >= 4 is 11.8 Å². The van der Waals surface area contributed by atoms with Crippen molar-refractivity contribution in [2.24, 2.45) is 0 Å². The topological polar surface area (TPSA) is 0 Å². The van der Waals surface area contributed by atoms with E-state index in [9.17, 15) is 0 Å². The van der Waals surface area contributed by atoms with Gasteiger partial charge in [0.15, 0.2) is 0 Å². The van der Waals surface area contributed by atoms with Crippen LogP contribution in [0.15, 0.2) is 0 Å². The molecule has 0 aromatic carbocycles. The van der Waals surface area contributed by atoms with Crippen LogP contribution in [0.4, 0.5) is 0 Å². The van der Waals surface area contributed by atoms with Gasteiger partial charge in [-0.15, -0.1) is 0 Å². The van der Waals surface area contributed by atoms with Crippen LogP contribution in [0.5, 0.6) is 0 Å². The quantitative estimate of drug-likeness (QED) is 0.104. The first-order chi connectivity index (χ1) is 14.8. The largest absolute Gasteiger partial charge is 0.328 e. The second kappa shape index (κ2) is 20.8. The summed E-state index contributed by atoms with van der Waals surface area (Å²) < 4.78 is 2.42. The molecule has 2 nitrogen and oxygen atoms in total. The van der Waals surface area contributed by atoms with E-state index in [1.807, 2.05) is 0 Å². The molecule has 0 aliphatic rings. The average molecular weight is 459 g/mol. The Morgan fingerprint density at radius 1 is 0.387 bits per heavy atom. The molecule has 3 heteroatoms. The molecule has 0 saturated carbocycles. The minimum absolute atomic E-state index is 1.21. The number of rotatable bonds is 24. The van der Waals surface area contributed by atoms with Gasteiger partial charge in [0.25, 0.3) is 0 Å². The van der Waals surface area contributed by atoms with Gasteiger partial charge in [0.1, 0.15) is 0 Å². The summed E-state index contributed by atoms with van der Waals surface area (Å²) in [5.74, 6) is 2.64. The lowest BCUT2D eigenvalue weighted by atomic mass is 10.1. The molecule has 0 unspecified atom stereocenters. The highest BCUT2D eigenvalue weighted by atomic mass is 32.2. The maximum Gasteiger partial charge on any atom is 0.0874 e. The molecule has 0 amide bonds. The van der Waals surface area contributed by atoms with E-state index in [2.05, 4.69) is 53.8 Å². The highest BCUT2D eigenvalue weighted by Gasteiger charge is 2.16. The first-order valence-electron chi connectivity index (χ1n) is 14.0. The Labute approximate surface area is 203 Å². The molecule has 0 fully saturated rings. The normalized spacial score (nSPS) is 12.6. The second-order valence-corrected chi connectivity index (χ2v) is 12.6. The van der Waals surface area contributed by atoms with Crippen LogP contribution in [0.25, 0.3) is 0 Å². The Bertz CT molecular complexity index is 334. The van der Waals surface area contributed by atoms with E-state index < -0.39 is 0 Å². The van der Waals surface area contributed by atoms with Crippen LogP contribution < -0.4 is 0 Å². The summed E-state index contributed by atoms with van der Waals surface area (Å²) in [6, 6.07) is 0. The Balaban J connectivity index is 3.59. The summed E-state index contributed by atoms with van der Waals surface area (Å²) in [6.45, 7) is 9.97. The minimum Gasteiger partial charge on any atom is -0.328 e.